The Balaban J connectivity index is 2.05. The Morgan fingerprint density at radius 1 is 0.828 bits per heavy atom. The minimum absolute atomic E-state index is 0.288. The largest absolute Gasteiger partial charge is 0.507 e. The summed E-state index contributed by atoms with van der Waals surface area (Å²) in [6.07, 6.45) is 0.856. The lowest BCUT2D eigenvalue weighted by Crippen LogP contribution is -2.19. The van der Waals surface area contributed by atoms with Crippen LogP contribution >= 0.6 is 0 Å². The van der Waals surface area contributed by atoms with Gasteiger partial charge < -0.3 is 14.7 Å². The highest BCUT2D eigenvalue weighted by atomic mass is 16.5. The fraction of sp³-hybridized carbons (Fsp3) is 0.231. The highest BCUT2D eigenvalue weighted by molar-refractivity contribution is 5.99. The Hall–Kier alpha value is -3.04. The number of rotatable bonds is 8. The molecule has 0 bridgehead atoms. The van der Waals surface area contributed by atoms with Gasteiger partial charge in [-0.2, -0.15) is 0 Å². The number of phenolic OH excluding ortho intramolecular Hbond substituents is 1. The molecule has 1 N–H and O–H groups in total. The van der Waals surface area contributed by atoms with Crippen LogP contribution in [0, 0.1) is 0 Å². The maximum atomic E-state index is 10.6. The molecule has 0 atom stereocenters. The van der Waals surface area contributed by atoms with E-state index in [2.05, 4.69) is 48.2 Å². The van der Waals surface area contributed by atoms with Crippen LogP contribution in [-0.2, 0) is 0 Å². The van der Waals surface area contributed by atoms with E-state index in [9.17, 15) is 5.11 Å². The van der Waals surface area contributed by atoms with E-state index in [0.29, 0.717) is 6.61 Å². The van der Waals surface area contributed by atoms with Crippen molar-refractivity contribution >= 4 is 11.1 Å². The third-order valence-corrected chi connectivity index (χ3v) is 4.90. The molecule has 0 aliphatic heterocycles. The van der Waals surface area contributed by atoms with Gasteiger partial charge in [0.05, 0.1) is 0 Å². The monoisotopic (exact) mass is 387 g/mol. The molecule has 0 fully saturated rings. The fourth-order valence-corrected chi connectivity index (χ4v) is 3.41. The molecule has 29 heavy (non-hydrogen) atoms. The summed E-state index contributed by atoms with van der Waals surface area (Å²) < 4.78 is 5.85. The zero-order valence-corrected chi connectivity index (χ0v) is 17.4. The van der Waals surface area contributed by atoms with Crippen LogP contribution in [0.2, 0.25) is 0 Å². The van der Waals surface area contributed by atoms with E-state index in [0.717, 1.165) is 35.4 Å². The average molecular weight is 388 g/mol. The maximum absolute atomic E-state index is 10.6. The van der Waals surface area contributed by atoms with Crippen LogP contribution in [0.5, 0.6) is 11.5 Å². The van der Waals surface area contributed by atoms with E-state index >= 15 is 0 Å². The van der Waals surface area contributed by atoms with Crippen molar-refractivity contribution in [3.63, 3.8) is 0 Å². The van der Waals surface area contributed by atoms with Gasteiger partial charge >= 0.3 is 0 Å². The van der Waals surface area contributed by atoms with Crippen molar-refractivity contribution in [1.82, 2.24) is 4.90 Å². The molecule has 0 saturated carbocycles. The first kappa shape index (κ1) is 20.7. The number of allylic oxidation sites excluding steroid dienone is 1. The van der Waals surface area contributed by atoms with Gasteiger partial charge in [-0.1, -0.05) is 67.6 Å². The van der Waals surface area contributed by atoms with Gasteiger partial charge in [0, 0.05) is 12.1 Å². The van der Waals surface area contributed by atoms with Crippen molar-refractivity contribution in [3.8, 4) is 11.5 Å². The molecule has 0 aliphatic carbocycles. The van der Waals surface area contributed by atoms with E-state index in [1.807, 2.05) is 50.5 Å². The van der Waals surface area contributed by atoms with Gasteiger partial charge in [0.1, 0.15) is 18.1 Å². The highest BCUT2D eigenvalue weighted by Gasteiger charge is 2.15. The second-order valence-electron chi connectivity index (χ2n) is 7.27. The number of likely N-dealkylation sites (N-methyl/N-ethyl adjacent to an activating group) is 1. The van der Waals surface area contributed by atoms with Gasteiger partial charge in [-0.3, -0.25) is 0 Å². The van der Waals surface area contributed by atoms with Crippen molar-refractivity contribution in [2.75, 3.05) is 27.2 Å². The summed E-state index contributed by atoms with van der Waals surface area (Å²) in [6, 6.07) is 26.1. The zero-order valence-electron chi connectivity index (χ0n) is 17.4. The number of nitrogens with zero attached hydrogens (tertiary/aromatic N) is 1. The molecule has 3 heteroatoms. The standard InChI is InChI=1S/C26H29NO2/c1-4-23(20-10-6-5-7-11-20)26(24-12-8-9-13-25(24)28)21-14-16-22(17-15-21)29-19-18-27(2)3/h5-17,28H,4,18-19H2,1-3H3/b26-23+. The SMILES string of the molecule is CC/C(=C(/c1ccc(OCCN(C)C)cc1)c1ccccc1O)c1ccccc1. The Bertz CT molecular complexity index is 944. The second-order valence-corrected chi connectivity index (χ2v) is 7.27. The lowest BCUT2D eigenvalue weighted by atomic mass is 9.88. The normalized spacial score (nSPS) is 12.0. The highest BCUT2D eigenvalue weighted by Crippen LogP contribution is 2.38. The van der Waals surface area contributed by atoms with E-state index in [-0.39, 0.29) is 5.75 Å². The summed E-state index contributed by atoms with van der Waals surface area (Å²) in [5.74, 6) is 1.14. The lowest BCUT2D eigenvalue weighted by molar-refractivity contribution is 0.261. The van der Waals surface area contributed by atoms with Crippen LogP contribution in [0.4, 0.5) is 0 Å². The van der Waals surface area contributed by atoms with Crippen molar-refractivity contribution in [3.05, 3.63) is 95.6 Å². The van der Waals surface area contributed by atoms with Crippen LogP contribution < -0.4 is 4.74 Å². The molecule has 3 aromatic carbocycles. The van der Waals surface area contributed by atoms with Gasteiger partial charge in [0.2, 0.25) is 0 Å². The molecule has 0 heterocycles. The third kappa shape index (κ3) is 5.27. The van der Waals surface area contributed by atoms with E-state index < -0.39 is 0 Å². The number of hydrogen-bond donors (Lipinski definition) is 1. The number of ether oxygens (including phenoxy) is 1. The zero-order chi connectivity index (χ0) is 20.6. The number of benzene rings is 3. The first-order valence-corrected chi connectivity index (χ1v) is 10.0. The smallest absolute Gasteiger partial charge is 0.123 e. The molecule has 0 amide bonds. The molecule has 3 rings (SSSR count). The molecular weight excluding hydrogens is 358 g/mol. The quantitative estimate of drug-likeness (QED) is 0.503. The molecule has 150 valence electrons. The number of phenols is 1. The topological polar surface area (TPSA) is 32.7 Å². The second kappa shape index (κ2) is 9.94. The Kier molecular flexibility index (Phi) is 7.09. The van der Waals surface area contributed by atoms with Crippen molar-refractivity contribution < 1.29 is 9.84 Å². The first-order valence-electron chi connectivity index (χ1n) is 10.0. The molecule has 0 unspecified atom stereocenters. The molecule has 0 aliphatic rings. The third-order valence-electron chi connectivity index (χ3n) is 4.90. The maximum Gasteiger partial charge on any atom is 0.123 e. The van der Waals surface area contributed by atoms with Crippen LogP contribution in [0.15, 0.2) is 78.9 Å². The number of aromatic hydroxyl groups is 1. The van der Waals surface area contributed by atoms with Gasteiger partial charge in [-0.25, -0.2) is 0 Å². The van der Waals surface area contributed by atoms with Crippen LogP contribution in [0.1, 0.15) is 30.0 Å². The predicted molar refractivity (Wildman–Crippen MR) is 121 cm³/mol. The van der Waals surface area contributed by atoms with Crippen molar-refractivity contribution in [1.29, 1.82) is 0 Å². The van der Waals surface area contributed by atoms with Gasteiger partial charge in [-0.05, 0) is 61.0 Å². The number of para-hydroxylation sites is 1. The van der Waals surface area contributed by atoms with Gasteiger partial charge in [0.15, 0.2) is 0 Å². The van der Waals surface area contributed by atoms with Crippen LogP contribution in [0.25, 0.3) is 11.1 Å². The minimum Gasteiger partial charge on any atom is -0.507 e. The summed E-state index contributed by atoms with van der Waals surface area (Å²) in [4.78, 5) is 2.10. The summed E-state index contributed by atoms with van der Waals surface area (Å²) in [5, 5.41) is 10.6. The van der Waals surface area contributed by atoms with Gasteiger partial charge in [0.25, 0.3) is 0 Å². The van der Waals surface area contributed by atoms with E-state index in [4.69, 9.17) is 4.74 Å². The molecule has 3 aromatic rings. The molecule has 3 nitrogen and oxygen atoms in total. The van der Waals surface area contributed by atoms with Gasteiger partial charge in [-0.15, -0.1) is 0 Å². The predicted octanol–water partition coefficient (Wildman–Crippen LogP) is 5.70. The Morgan fingerprint density at radius 3 is 2.10 bits per heavy atom. The summed E-state index contributed by atoms with van der Waals surface area (Å²) >= 11 is 0. The Morgan fingerprint density at radius 2 is 1.48 bits per heavy atom. The first-order chi connectivity index (χ1) is 14.1. The van der Waals surface area contributed by atoms with Crippen molar-refractivity contribution in [2.45, 2.75) is 13.3 Å². The molecule has 0 spiro atoms. The lowest BCUT2D eigenvalue weighted by Gasteiger charge is -2.18. The summed E-state index contributed by atoms with van der Waals surface area (Å²) in [6.45, 7) is 3.68. The average Bonchev–Trinajstić information content (AvgIpc) is 2.74. The van der Waals surface area contributed by atoms with Crippen molar-refractivity contribution in [2.24, 2.45) is 0 Å². The summed E-state index contributed by atoms with van der Waals surface area (Å²) in [7, 11) is 4.07. The summed E-state index contributed by atoms with van der Waals surface area (Å²) in [5.41, 5.74) is 5.33. The molecule has 0 saturated heterocycles. The van der Waals surface area contributed by atoms with E-state index in [1.54, 1.807) is 6.07 Å². The number of hydrogen-bond acceptors (Lipinski definition) is 3. The fourth-order valence-electron chi connectivity index (χ4n) is 3.41. The molecule has 0 radical (unpaired) electrons. The Labute approximate surface area is 173 Å². The molecule has 0 aromatic heterocycles. The molecular formula is C26H29NO2. The van der Waals surface area contributed by atoms with Crippen LogP contribution in [0.3, 0.4) is 0 Å². The van der Waals surface area contributed by atoms with Crippen LogP contribution in [-0.4, -0.2) is 37.3 Å². The minimum atomic E-state index is 0.288. The van der Waals surface area contributed by atoms with E-state index in [1.165, 1.54) is 11.1 Å².